The second kappa shape index (κ2) is 15.1. The van der Waals surface area contributed by atoms with Gasteiger partial charge in [0.05, 0.1) is 12.7 Å². The summed E-state index contributed by atoms with van der Waals surface area (Å²) in [6.45, 7) is 8.18. The van der Waals surface area contributed by atoms with Gasteiger partial charge in [0.2, 0.25) is 0 Å². The summed E-state index contributed by atoms with van der Waals surface area (Å²) in [7, 11) is 0. The minimum Gasteiger partial charge on any atom is -0.494 e. The van der Waals surface area contributed by atoms with Gasteiger partial charge in [0.25, 0.3) is 0 Å². The van der Waals surface area contributed by atoms with Crippen molar-refractivity contribution in [2.75, 3.05) is 13.2 Å². The van der Waals surface area contributed by atoms with Gasteiger partial charge < -0.3 is 9.47 Å². The second-order valence-corrected chi connectivity index (χ2v) is 8.34. The molecule has 0 saturated heterocycles. The summed E-state index contributed by atoms with van der Waals surface area (Å²) in [6.07, 6.45) is 13.3. The zero-order chi connectivity index (χ0) is 21.4. The summed E-state index contributed by atoms with van der Waals surface area (Å²) < 4.78 is 11.7. The van der Waals surface area contributed by atoms with Gasteiger partial charge in [-0.25, -0.2) is 0 Å². The molecule has 1 unspecified atom stereocenters. The minimum atomic E-state index is 0.151. The molecule has 30 heavy (non-hydrogen) atoms. The van der Waals surface area contributed by atoms with Gasteiger partial charge in [-0.2, -0.15) is 0 Å². The third-order valence-corrected chi connectivity index (χ3v) is 5.66. The molecular weight excluding hydrogens is 368 g/mol. The average molecular weight is 411 g/mol. The Labute approximate surface area is 185 Å². The van der Waals surface area contributed by atoms with E-state index in [1.165, 1.54) is 74.5 Å². The lowest BCUT2D eigenvalue weighted by molar-refractivity contribution is 0.0627. The second-order valence-electron chi connectivity index (χ2n) is 8.34. The molecule has 2 heteroatoms. The molecular formula is C28H42O2. The van der Waals surface area contributed by atoms with E-state index in [-0.39, 0.29) is 6.10 Å². The maximum absolute atomic E-state index is 6.07. The van der Waals surface area contributed by atoms with Crippen LogP contribution in [0.1, 0.15) is 96.6 Å². The topological polar surface area (TPSA) is 18.5 Å². The molecule has 0 amide bonds. The highest BCUT2D eigenvalue weighted by molar-refractivity contribution is 5.64. The number of rotatable bonds is 16. The predicted molar refractivity (Wildman–Crippen MR) is 129 cm³/mol. The Bertz CT molecular complexity index is 660. The summed E-state index contributed by atoms with van der Waals surface area (Å²) in [5.41, 5.74) is 3.69. The monoisotopic (exact) mass is 410 g/mol. The van der Waals surface area contributed by atoms with Crippen molar-refractivity contribution in [3.8, 4) is 16.9 Å². The highest BCUT2D eigenvalue weighted by Gasteiger charge is 2.06. The summed E-state index contributed by atoms with van der Waals surface area (Å²) in [5, 5.41) is 0. The predicted octanol–water partition coefficient (Wildman–Crippen LogP) is 8.75. The lowest BCUT2D eigenvalue weighted by Crippen LogP contribution is -2.01. The molecule has 0 saturated carbocycles. The van der Waals surface area contributed by atoms with Crippen molar-refractivity contribution in [1.29, 1.82) is 0 Å². The van der Waals surface area contributed by atoms with E-state index < -0.39 is 0 Å². The number of unbranched alkanes of at least 4 members (excludes halogenated alkanes) is 8. The Kier molecular flexibility index (Phi) is 12.3. The van der Waals surface area contributed by atoms with Crippen LogP contribution in [-0.2, 0) is 4.74 Å². The van der Waals surface area contributed by atoms with Crippen LogP contribution in [-0.4, -0.2) is 13.2 Å². The molecule has 0 spiro atoms. The lowest BCUT2D eigenvalue weighted by atomic mass is 10.0. The molecule has 2 nitrogen and oxygen atoms in total. The van der Waals surface area contributed by atoms with Gasteiger partial charge in [-0.05, 0) is 48.6 Å². The number of benzene rings is 2. The molecule has 0 bridgehead atoms. The van der Waals surface area contributed by atoms with Gasteiger partial charge in [-0.3, -0.25) is 0 Å². The maximum atomic E-state index is 6.07. The molecule has 2 rings (SSSR count). The Morgan fingerprint density at radius 3 is 1.70 bits per heavy atom. The molecule has 0 radical (unpaired) electrons. The van der Waals surface area contributed by atoms with Crippen LogP contribution in [0.25, 0.3) is 11.1 Å². The smallest absolute Gasteiger partial charge is 0.119 e. The first-order valence-corrected chi connectivity index (χ1v) is 12.2. The van der Waals surface area contributed by atoms with Crippen LogP contribution in [0.3, 0.4) is 0 Å². The van der Waals surface area contributed by atoms with Crippen molar-refractivity contribution < 1.29 is 9.47 Å². The summed E-state index contributed by atoms with van der Waals surface area (Å²) in [4.78, 5) is 0. The lowest BCUT2D eigenvalue weighted by Gasteiger charge is -2.14. The van der Waals surface area contributed by atoms with Crippen molar-refractivity contribution in [3.63, 3.8) is 0 Å². The van der Waals surface area contributed by atoms with Crippen LogP contribution in [0, 0.1) is 0 Å². The van der Waals surface area contributed by atoms with Crippen LogP contribution in [0.5, 0.6) is 5.75 Å². The van der Waals surface area contributed by atoms with E-state index in [0.717, 1.165) is 25.4 Å². The van der Waals surface area contributed by atoms with Gasteiger partial charge in [-0.15, -0.1) is 0 Å². The summed E-state index contributed by atoms with van der Waals surface area (Å²) in [6, 6.07) is 17.1. The van der Waals surface area contributed by atoms with Crippen LogP contribution >= 0.6 is 0 Å². The van der Waals surface area contributed by atoms with Crippen molar-refractivity contribution in [1.82, 2.24) is 0 Å². The van der Waals surface area contributed by atoms with Crippen LogP contribution in [0.4, 0.5) is 0 Å². The molecule has 0 heterocycles. The fraction of sp³-hybridized carbons (Fsp3) is 0.571. The first-order valence-electron chi connectivity index (χ1n) is 12.2. The van der Waals surface area contributed by atoms with E-state index >= 15 is 0 Å². The van der Waals surface area contributed by atoms with Crippen molar-refractivity contribution in [2.24, 2.45) is 0 Å². The summed E-state index contributed by atoms with van der Waals surface area (Å²) >= 11 is 0. The molecule has 2 aromatic carbocycles. The van der Waals surface area contributed by atoms with Crippen LogP contribution in [0.2, 0.25) is 0 Å². The quantitative estimate of drug-likeness (QED) is 0.257. The highest BCUT2D eigenvalue weighted by Crippen LogP contribution is 2.25. The first kappa shape index (κ1) is 24.5. The SMILES string of the molecule is CCCCCCCCCCCOC(C)c1ccc(-c2ccc(OCCC)cc2)cc1. The normalized spacial score (nSPS) is 12.1. The average Bonchev–Trinajstić information content (AvgIpc) is 2.79. The standard InChI is InChI=1S/C28H42O2/c1-4-6-7-8-9-10-11-12-13-23-29-24(3)25-14-16-26(17-15-25)27-18-20-28(21-19-27)30-22-5-2/h14-21,24H,4-13,22-23H2,1-3H3. The van der Waals surface area contributed by atoms with Crippen LogP contribution in [0.15, 0.2) is 48.5 Å². The van der Waals surface area contributed by atoms with Crippen molar-refractivity contribution in [2.45, 2.75) is 91.1 Å². The maximum Gasteiger partial charge on any atom is 0.119 e. The third-order valence-electron chi connectivity index (χ3n) is 5.66. The van der Waals surface area contributed by atoms with Crippen LogP contribution < -0.4 is 4.74 Å². The summed E-state index contributed by atoms with van der Waals surface area (Å²) in [5.74, 6) is 0.940. The van der Waals surface area contributed by atoms with E-state index in [4.69, 9.17) is 9.47 Å². The fourth-order valence-electron chi connectivity index (χ4n) is 3.68. The highest BCUT2D eigenvalue weighted by atomic mass is 16.5. The molecule has 0 aliphatic heterocycles. The zero-order valence-electron chi connectivity index (χ0n) is 19.5. The zero-order valence-corrected chi connectivity index (χ0v) is 19.5. The van der Waals surface area contributed by atoms with Gasteiger partial charge in [-0.1, -0.05) is 102 Å². The van der Waals surface area contributed by atoms with Gasteiger partial charge in [0.1, 0.15) is 5.75 Å². The molecule has 166 valence electrons. The Balaban J connectivity index is 1.65. The molecule has 2 aromatic rings. The van der Waals surface area contributed by atoms with E-state index in [1.54, 1.807) is 0 Å². The minimum absolute atomic E-state index is 0.151. The van der Waals surface area contributed by atoms with Gasteiger partial charge in [0.15, 0.2) is 0 Å². The number of ether oxygens (including phenoxy) is 2. The van der Waals surface area contributed by atoms with E-state index in [2.05, 4.69) is 69.3 Å². The Morgan fingerprint density at radius 1 is 0.600 bits per heavy atom. The molecule has 0 fully saturated rings. The number of hydrogen-bond donors (Lipinski definition) is 0. The van der Waals surface area contributed by atoms with Gasteiger partial charge >= 0.3 is 0 Å². The molecule has 0 aliphatic rings. The number of hydrogen-bond acceptors (Lipinski definition) is 2. The molecule has 0 N–H and O–H groups in total. The van der Waals surface area contributed by atoms with Crippen molar-refractivity contribution >= 4 is 0 Å². The molecule has 1 atom stereocenters. The van der Waals surface area contributed by atoms with Crippen molar-refractivity contribution in [3.05, 3.63) is 54.1 Å². The largest absolute Gasteiger partial charge is 0.494 e. The Morgan fingerprint density at radius 2 is 1.13 bits per heavy atom. The molecule has 0 aliphatic carbocycles. The van der Waals surface area contributed by atoms with E-state index in [9.17, 15) is 0 Å². The van der Waals surface area contributed by atoms with Gasteiger partial charge in [0, 0.05) is 6.61 Å². The van der Waals surface area contributed by atoms with E-state index in [0.29, 0.717) is 0 Å². The third kappa shape index (κ3) is 9.34. The Hall–Kier alpha value is -1.80. The fourth-order valence-corrected chi connectivity index (χ4v) is 3.68. The van der Waals surface area contributed by atoms with E-state index in [1.807, 2.05) is 0 Å². The first-order chi connectivity index (χ1) is 14.7. The molecule has 0 aromatic heterocycles.